The smallest absolute Gasteiger partial charge is 0.228 e. The van der Waals surface area contributed by atoms with Gasteiger partial charge in [-0.05, 0) is 36.0 Å². The molecule has 1 aliphatic carbocycles. The fraction of sp³-hybridized carbons (Fsp3) is 0.391. The van der Waals surface area contributed by atoms with E-state index in [-0.39, 0.29) is 0 Å². The lowest BCUT2D eigenvalue weighted by molar-refractivity contribution is 0.121. The molecule has 0 saturated carbocycles. The van der Waals surface area contributed by atoms with E-state index in [0.29, 0.717) is 5.25 Å². The van der Waals surface area contributed by atoms with Gasteiger partial charge in [0.25, 0.3) is 0 Å². The van der Waals surface area contributed by atoms with Crippen LogP contribution in [0.5, 0.6) is 0 Å². The Bertz CT molecular complexity index is 953. The molecule has 0 amide bonds. The molecule has 1 saturated heterocycles. The average Bonchev–Trinajstić information content (AvgIpc) is 3.17. The van der Waals surface area contributed by atoms with Gasteiger partial charge in [-0.15, -0.1) is 10.2 Å². The lowest BCUT2D eigenvalue weighted by Gasteiger charge is -2.28. The number of thioether (sulfide) groups is 1. The van der Waals surface area contributed by atoms with Crippen LogP contribution in [0.1, 0.15) is 34.8 Å². The number of anilines is 1. The van der Waals surface area contributed by atoms with Crippen LogP contribution in [0.2, 0.25) is 0 Å². The van der Waals surface area contributed by atoms with Crippen LogP contribution in [0, 0.1) is 0 Å². The Balaban J connectivity index is 1.47. The van der Waals surface area contributed by atoms with Crippen molar-refractivity contribution in [3.05, 3.63) is 71.3 Å². The minimum absolute atomic E-state index is 0.441. The summed E-state index contributed by atoms with van der Waals surface area (Å²) >= 11 is 1.87. The largest absolute Gasteiger partial charge is 0.378 e. The molecule has 1 unspecified atom stereocenters. The Morgan fingerprint density at radius 1 is 0.966 bits per heavy atom. The third kappa shape index (κ3) is 4.05. The monoisotopic (exact) mass is 406 g/mol. The summed E-state index contributed by atoms with van der Waals surface area (Å²) in [4.78, 5) is 2.30. The highest BCUT2D eigenvalue weighted by atomic mass is 32.2. The molecule has 5 rings (SSSR count). The second-order valence-corrected chi connectivity index (χ2v) is 8.82. The van der Waals surface area contributed by atoms with E-state index in [1.54, 1.807) is 0 Å². The molecule has 1 fully saturated rings. The molecule has 0 N–H and O–H groups in total. The van der Waals surface area contributed by atoms with Gasteiger partial charge in [-0.1, -0.05) is 66.4 Å². The molecule has 0 radical (unpaired) electrons. The van der Waals surface area contributed by atoms with Gasteiger partial charge in [0.1, 0.15) is 0 Å². The maximum Gasteiger partial charge on any atom is 0.228 e. The van der Waals surface area contributed by atoms with Gasteiger partial charge in [0.2, 0.25) is 5.95 Å². The van der Waals surface area contributed by atoms with E-state index in [0.717, 1.165) is 44.0 Å². The second-order valence-electron chi connectivity index (χ2n) is 7.65. The second kappa shape index (κ2) is 8.59. The predicted octanol–water partition coefficient (Wildman–Crippen LogP) is 4.33. The molecule has 0 spiro atoms. The maximum atomic E-state index is 5.54. The van der Waals surface area contributed by atoms with Gasteiger partial charge in [-0.25, -0.2) is 0 Å². The van der Waals surface area contributed by atoms with Crippen molar-refractivity contribution in [2.75, 3.05) is 31.2 Å². The van der Waals surface area contributed by atoms with Gasteiger partial charge < -0.3 is 9.64 Å². The van der Waals surface area contributed by atoms with Crippen molar-refractivity contribution in [3.8, 4) is 0 Å². The summed E-state index contributed by atoms with van der Waals surface area (Å²) < 4.78 is 7.84. The fourth-order valence-electron chi connectivity index (χ4n) is 4.23. The number of ether oxygens (including phenoxy) is 1. The number of fused-ring (bicyclic) bond motifs is 1. The molecular formula is C23H26N4OS. The number of hydrogen-bond acceptors (Lipinski definition) is 5. The van der Waals surface area contributed by atoms with Crippen LogP contribution in [0.15, 0.2) is 59.8 Å². The van der Waals surface area contributed by atoms with Gasteiger partial charge in [-0.2, -0.15) is 0 Å². The number of nitrogens with zero attached hydrogens (tertiary/aromatic N) is 4. The Kier molecular flexibility index (Phi) is 5.54. The van der Waals surface area contributed by atoms with Crippen molar-refractivity contribution in [2.24, 2.45) is 0 Å². The highest BCUT2D eigenvalue weighted by Gasteiger charge is 2.26. The zero-order valence-electron chi connectivity index (χ0n) is 16.5. The van der Waals surface area contributed by atoms with E-state index >= 15 is 0 Å². The van der Waals surface area contributed by atoms with Crippen molar-refractivity contribution in [2.45, 2.75) is 36.2 Å². The van der Waals surface area contributed by atoms with E-state index in [4.69, 9.17) is 4.74 Å². The van der Waals surface area contributed by atoms with Crippen LogP contribution in [-0.4, -0.2) is 41.1 Å². The molecule has 2 aliphatic rings. The minimum atomic E-state index is 0.441. The first kappa shape index (κ1) is 18.7. The van der Waals surface area contributed by atoms with E-state index < -0.39 is 0 Å². The molecule has 2 heterocycles. The van der Waals surface area contributed by atoms with Crippen molar-refractivity contribution in [1.82, 2.24) is 14.8 Å². The molecule has 1 aliphatic heterocycles. The van der Waals surface area contributed by atoms with Gasteiger partial charge in [-0.3, -0.25) is 4.57 Å². The molecule has 29 heavy (non-hydrogen) atoms. The van der Waals surface area contributed by atoms with E-state index in [1.807, 2.05) is 11.8 Å². The van der Waals surface area contributed by atoms with E-state index in [1.165, 1.54) is 36.0 Å². The number of morpholine rings is 1. The van der Waals surface area contributed by atoms with Gasteiger partial charge in [0.05, 0.1) is 19.8 Å². The van der Waals surface area contributed by atoms with Crippen LogP contribution >= 0.6 is 11.8 Å². The van der Waals surface area contributed by atoms with Crippen LogP contribution < -0.4 is 4.90 Å². The number of hydrogen-bond donors (Lipinski definition) is 0. The first-order valence-electron chi connectivity index (χ1n) is 10.4. The van der Waals surface area contributed by atoms with Gasteiger partial charge in [0.15, 0.2) is 5.16 Å². The minimum Gasteiger partial charge on any atom is -0.378 e. The topological polar surface area (TPSA) is 43.2 Å². The maximum absolute atomic E-state index is 5.54. The number of benzene rings is 2. The van der Waals surface area contributed by atoms with E-state index in [2.05, 4.69) is 74.3 Å². The highest BCUT2D eigenvalue weighted by Crippen LogP contribution is 2.43. The Morgan fingerprint density at radius 2 is 1.76 bits per heavy atom. The molecule has 6 heteroatoms. The number of aromatic nitrogens is 3. The lowest BCUT2D eigenvalue weighted by Crippen LogP contribution is -2.38. The summed E-state index contributed by atoms with van der Waals surface area (Å²) in [6.07, 6.45) is 3.60. The lowest BCUT2D eigenvalue weighted by atomic mass is 9.91. The first-order chi connectivity index (χ1) is 14.4. The molecule has 1 aromatic heterocycles. The van der Waals surface area contributed by atoms with E-state index in [9.17, 15) is 0 Å². The van der Waals surface area contributed by atoms with Crippen LogP contribution in [0.25, 0.3) is 0 Å². The third-order valence-electron chi connectivity index (χ3n) is 5.74. The van der Waals surface area contributed by atoms with Crippen LogP contribution in [0.4, 0.5) is 5.95 Å². The Labute approximate surface area is 176 Å². The quantitative estimate of drug-likeness (QED) is 0.631. The third-order valence-corrected chi connectivity index (χ3v) is 7.02. The summed E-state index contributed by atoms with van der Waals surface area (Å²) in [7, 11) is 0. The zero-order chi connectivity index (χ0) is 19.5. The standard InChI is InChI=1S/C23H26N4OS/c1-2-7-18(8-3-1)17-27-22(26-13-15-28-16-14-26)24-25-23(27)29-21-12-6-10-19-9-4-5-11-20(19)21/h1-5,7-9,11,21H,6,10,12-17H2. The van der Waals surface area contributed by atoms with Crippen molar-refractivity contribution in [1.29, 1.82) is 0 Å². The molecule has 5 nitrogen and oxygen atoms in total. The normalized spacial score (nSPS) is 19.2. The summed E-state index contributed by atoms with van der Waals surface area (Å²) in [6.45, 7) is 4.01. The summed E-state index contributed by atoms with van der Waals surface area (Å²) in [5.74, 6) is 0.962. The molecule has 2 aromatic carbocycles. The highest BCUT2D eigenvalue weighted by molar-refractivity contribution is 7.99. The Morgan fingerprint density at radius 3 is 2.62 bits per heavy atom. The van der Waals surface area contributed by atoms with Crippen LogP contribution in [0.3, 0.4) is 0 Å². The van der Waals surface area contributed by atoms with Gasteiger partial charge in [0, 0.05) is 18.3 Å². The SMILES string of the molecule is c1ccc(Cn2c(SC3CCCc4ccccc43)nnc2N2CCOCC2)cc1. The van der Waals surface area contributed by atoms with Crippen LogP contribution in [-0.2, 0) is 17.7 Å². The first-order valence-corrected chi connectivity index (χ1v) is 11.3. The summed E-state index contributed by atoms with van der Waals surface area (Å²) in [6, 6.07) is 19.5. The molecular weight excluding hydrogens is 380 g/mol. The number of aryl methyl sites for hydroxylation is 1. The Hall–Kier alpha value is -2.31. The average molecular weight is 407 g/mol. The van der Waals surface area contributed by atoms with Crippen molar-refractivity contribution >= 4 is 17.7 Å². The summed E-state index contributed by atoms with van der Waals surface area (Å²) in [5, 5.41) is 10.7. The molecule has 0 bridgehead atoms. The molecule has 150 valence electrons. The van der Waals surface area contributed by atoms with Crippen molar-refractivity contribution in [3.63, 3.8) is 0 Å². The number of rotatable bonds is 5. The molecule has 3 aromatic rings. The predicted molar refractivity (Wildman–Crippen MR) is 117 cm³/mol. The fourth-order valence-corrected chi connectivity index (χ4v) is 5.49. The van der Waals surface area contributed by atoms with Gasteiger partial charge >= 0.3 is 0 Å². The van der Waals surface area contributed by atoms with Crippen molar-refractivity contribution < 1.29 is 4.74 Å². The zero-order valence-corrected chi connectivity index (χ0v) is 17.4. The summed E-state index contributed by atoms with van der Waals surface area (Å²) in [5.41, 5.74) is 4.22. The molecule has 1 atom stereocenters.